The lowest BCUT2D eigenvalue weighted by Crippen LogP contribution is -1.94. The van der Waals surface area contributed by atoms with Gasteiger partial charge < -0.3 is 10.2 Å². The zero-order valence-electron chi connectivity index (χ0n) is 12.5. The van der Waals surface area contributed by atoms with Crippen molar-refractivity contribution in [3.63, 3.8) is 0 Å². The van der Waals surface area contributed by atoms with Crippen molar-refractivity contribution in [2.45, 2.75) is 0 Å². The molecule has 0 aliphatic heterocycles. The second kappa shape index (κ2) is 7.58. The molecule has 0 radical (unpaired) electrons. The Labute approximate surface area is 138 Å². The molecule has 23 heavy (non-hydrogen) atoms. The van der Waals surface area contributed by atoms with E-state index in [-0.39, 0.29) is 5.48 Å². The van der Waals surface area contributed by atoms with Crippen molar-refractivity contribution >= 4 is 34.4 Å². The predicted molar refractivity (Wildman–Crippen MR) is 94.6 cm³/mol. The van der Waals surface area contributed by atoms with Crippen LogP contribution in [0.2, 0.25) is 5.02 Å². The number of anilines is 1. The van der Waals surface area contributed by atoms with Crippen molar-refractivity contribution < 1.29 is 10.2 Å². The number of fused-ring (bicyclic) bond motifs is 1. The van der Waals surface area contributed by atoms with Crippen LogP contribution in [0.4, 0.5) is 5.69 Å². The summed E-state index contributed by atoms with van der Waals surface area (Å²) < 4.78 is 5.29. The van der Waals surface area contributed by atoms with Crippen molar-refractivity contribution in [3.05, 3.63) is 65.3 Å². The van der Waals surface area contributed by atoms with Crippen LogP contribution in [0.3, 0.4) is 0 Å². The van der Waals surface area contributed by atoms with Gasteiger partial charge in [0, 0.05) is 22.2 Å². The summed E-state index contributed by atoms with van der Waals surface area (Å²) in [6, 6.07) is 15.1. The first-order valence-corrected chi connectivity index (χ1v) is 7.12. The summed E-state index contributed by atoms with van der Waals surface area (Å²) in [6.07, 6.45) is 3.45. The summed E-state index contributed by atoms with van der Waals surface area (Å²) >= 11 is 5.98. The molecule has 3 rings (SSSR count). The van der Waals surface area contributed by atoms with Crippen molar-refractivity contribution in [1.82, 2.24) is 4.98 Å². The molecule has 3 N–H and O–H groups in total. The number of nitrogens with one attached hydrogen (secondary N) is 1. The van der Waals surface area contributed by atoms with Crippen LogP contribution in [-0.4, -0.2) is 23.8 Å². The van der Waals surface area contributed by atoms with Crippen LogP contribution in [0.5, 0.6) is 5.75 Å². The van der Waals surface area contributed by atoms with Gasteiger partial charge in [0.15, 0.2) is 0 Å². The maximum atomic E-state index is 5.98. The molecule has 1 heterocycles. The molecule has 3 aromatic rings. The summed E-state index contributed by atoms with van der Waals surface area (Å²) in [6.45, 7) is 0. The fourth-order valence-corrected chi connectivity index (χ4v) is 2.33. The molecular weight excluding hydrogens is 314 g/mol. The highest BCUT2D eigenvalue weighted by Gasteiger charge is 2.02. The minimum atomic E-state index is 0. The van der Waals surface area contributed by atoms with E-state index < -0.39 is 0 Å². The van der Waals surface area contributed by atoms with Crippen LogP contribution >= 0.6 is 11.6 Å². The maximum absolute atomic E-state index is 5.98. The highest BCUT2D eigenvalue weighted by Crippen LogP contribution is 2.24. The summed E-state index contributed by atoms with van der Waals surface area (Å²) in [7, 11) is 1.64. The Bertz CT molecular complexity index is 837. The number of pyridine rings is 1. The number of rotatable bonds is 4. The van der Waals surface area contributed by atoms with Gasteiger partial charge in [0.25, 0.3) is 0 Å². The first-order valence-electron chi connectivity index (χ1n) is 6.74. The third-order valence-corrected chi connectivity index (χ3v) is 3.47. The lowest BCUT2D eigenvalue weighted by molar-refractivity contribution is 0.414. The van der Waals surface area contributed by atoms with Crippen LogP contribution in [0.1, 0.15) is 5.56 Å². The van der Waals surface area contributed by atoms with E-state index in [4.69, 9.17) is 16.3 Å². The number of hydrogen-bond acceptors (Lipinski definition) is 4. The van der Waals surface area contributed by atoms with E-state index in [0.29, 0.717) is 5.02 Å². The van der Waals surface area contributed by atoms with Crippen LogP contribution in [-0.2, 0) is 0 Å². The Hall–Kier alpha value is -2.63. The lowest BCUT2D eigenvalue weighted by Gasteiger charge is -2.06. The molecule has 0 spiro atoms. The first kappa shape index (κ1) is 16.7. The molecule has 0 bridgehead atoms. The number of methoxy groups -OCH3 is 1. The maximum Gasteiger partial charge on any atom is 0.127 e. The van der Waals surface area contributed by atoms with E-state index in [1.807, 2.05) is 48.5 Å². The molecule has 0 unspecified atom stereocenters. The molecule has 1 aromatic heterocycles. The van der Waals surface area contributed by atoms with Gasteiger partial charge >= 0.3 is 0 Å². The van der Waals surface area contributed by atoms with E-state index >= 15 is 0 Å². The van der Waals surface area contributed by atoms with Crippen molar-refractivity contribution in [2.75, 3.05) is 12.5 Å². The Balaban J connectivity index is 0.00000192. The summed E-state index contributed by atoms with van der Waals surface area (Å²) in [5, 5.41) is 5.90. The molecule has 0 saturated carbocycles. The molecule has 0 atom stereocenters. The number of hydrogen-bond donors (Lipinski definition) is 1. The van der Waals surface area contributed by atoms with Crippen molar-refractivity contribution in [1.29, 1.82) is 0 Å². The zero-order chi connectivity index (χ0) is 15.4. The van der Waals surface area contributed by atoms with Gasteiger partial charge in [0.2, 0.25) is 0 Å². The Morgan fingerprint density at radius 1 is 1.17 bits per heavy atom. The minimum Gasteiger partial charge on any atom is -0.496 e. The van der Waals surface area contributed by atoms with Gasteiger partial charge in [-0.3, -0.25) is 10.4 Å². The fraction of sp³-hybridized carbons (Fsp3) is 0.0588. The van der Waals surface area contributed by atoms with Crippen molar-refractivity contribution in [3.8, 4) is 5.75 Å². The Morgan fingerprint density at radius 2 is 2.00 bits per heavy atom. The predicted octanol–water partition coefficient (Wildman–Crippen LogP) is 3.52. The molecule has 0 amide bonds. The van der Waals surface area contributed by atoms with E-state index in [0.717, 1.165) is 27.9 Å². The molecule has 6 heteroatoms. The summed E-state index contributed by atoms with van der Waals surface area (Å²) in [4.78, 5) is 4.30. The summed E-state index contributed by atoms with van der Waals surface area (Å²) in [5.41, 5.74) is 5.63. The third-order valence-electron chi connectivity index (χ3n) is 3.23. The van der Waals surface area contributed by atoms with E-state index in [9.17, 15) is 0 Å². The Morgan fingerprint density at radius 3 is 2.83 bits per heavy atom. The van der Waals surface area contributed by atoms with E-state index in [1.54, 1.807) is 19.5 Å². The van der Waals surface area contributed by atoms with Gasteiger partial charge in [-0.1, -0.05) is 23.7 Å². The van der Waals surface area contributed by atoms with Crippen LogP contribution < -0.4 is 10.2 Å². The number of benzene rings is 2. The average molecular weight is 330 g/mol. The minimum absolute atomic E-state index is 0. The van der Waals surface area contributed by atoms with Gasteiger partial charge in [-0.25, -0.2) is 0 Å². The monoisotopic (exact) mass is 329 g/mol. The molecule has 2 aromatic carbocycles. The number of aromatic nitrogens is 1. The molecule has 0 fully saturated rings. The van der Waals surface area contributed by atoms with Gasteiger partial charge in [-0.15, -0.1) is 0 Å². The average Bonchev–Trinajstić information content (AvgIpc) is 2.55. The highest BCUT2D eigenvalue weighted by atomic mass is 35.5. The molecule has 0 saturated heterocycles. The number of hydrazone groups is 1. The number of halogens is 1. The third kappa shape index (κ3) is 3.77. The molecular formula is C17H16ClN3O2. The van der Waals surface area contributed by atoms with Gasteiger partial charge in [0.1, 0.15) is 5.75 Å². The Kier molecular flexibility index (Phi) is 5.51. The van der Waals surface area contributed by atoms with Gasteiger partial charge in [-0.05, 0) is 36.4 Å². The number of ether oxygens (including phenoxy) is 1. The fourth-order valence-electron chi connectivity index (χ4n) is 2.16. The molecule has 0 aliphatic rings. The highest BCUT2D eigenvalue weighted by molar-refractivity contribution is 6.31. The van der Waals surface area contributed by atoms with E-state index in [2.05, 4.69) is 15.5 Å². The van der Waals surface area contributed by atoms with Gasteiger partial charge in [0.05, 0.1) is 24.5 Å². The SMILES string of the molecule is COc1ccccc1/C=N/Nc1ccnc2cc(Cl)ccc12.O. The molecule has 0 aliphatic carbocycles. The number of para-hydroxylation sites is 1. The molecule has 118 valence electrons. The quantitative estimate of drug-likeness (QED) is 0.587. The largest absolute Gasteiger partial charge is 0.496 e. The normalized spacial score (nSPS) is 10.5. The standard InChI is InChI=1S/C17H14ClN3O.H2O/c1-22-17-5-3-2-4-12(17)11-20-21-15-8-9-19-16-10-13(18)6-7-14(15)16;/h2-11H,1H3,(H,19,21);1H2/b20-11+;. The van der Waals surface area contributed by atoms with Crippen LogP contribution in [0, 0.1) is 0 Å². The lowest BCUT2D eigenvalue weighted by atomic mass is 10.2. The van der Waals surface area contributed by atoms with Gasteiger partial charge in [-0.2, -0.15) is 5.10 Å². The molecule has 5 nitrogen and oxygen atoms in total. The van der Waals surface area contributed by atoms with Crippen LogP contribution in [0.15, 0.2) is 59.8 Å². The number of nitrogens with zero attached hydrogens (tertiary/aromatic N) is 2. The van der Waals surface area contributed by atoms with E-state index in [1.165, 1.54) is 0 Å². The smallest absolute Gasteiger partial charge is 0.127 e. The van der Waals surface area contributed by atoms with Crippen LogP contribution in [0.25, 0.3) is 10.9 Å². The first-order chi connectivity index (χ1) is 10.8. The second-order valence-electron chi connectivity index (χ2n) is 4.63. The van der Waals surface area contributed by atoms with Crippen molar-refractivity contribution in [2.24, 2.45) is 5.10 Å². The second-order valence-corrected chi connectivity index (χ2v) is 5.07. The zero-order valence-corrected chi connectivity index (χ0v) is 13.2. The topological polar surface area (TPSA) is 78.0 Å². The summed E-state index contributed by atoms with van der Waals surface area (Å²) in [5.74, 6) is 0.777.